The molecule has 1 aromatic heterocycles. The summed E-state index contributed by atoms with van der Waals surface area (Å²) in [6.07, 6.45) is 15.1. The predicted molar refractivity (Wildman–Crippen MR) is 150 cm³/mol. The Labute approximate surface area is 217 Å². The summed E-state index contributed by atoms with van der Waals surface area (Å²) in [4.78, 5) is 24.6. The lowest BCUT2D eigenvalue weighted by molar-refractivity contribution is -0.138. The fraction of sp³-hybridized carbons (Fsp3) is 0.548. The number of esters is 2. The fourth-order valence-electron chi connectivity index (χ4n) is 4.22. The highest BCUT2D eigenvalue weighted by molar-refractivity contribution is 5.98. The zero-order chi connectivity index (χ0) is 26.3. The second kappa shape index (κ2) is 16.0. The number of carbonyl (C=O) groups excluding carboxylic acids is 2. The Morgan fingerprint density at radius 3 is 1.86 bits per heavy atom. The number of rotatable bonds is 16. The molecular weight excluding hydrogens is 450 g/mol. The van der Waals surface area contributed by atoms with Crippen LogP contribution < -0.4 is 0 Å². The Morgan fingerprint density at radius 2 is 1.31 bits per heavy atom. The number of para-hydroxylation sites is 1. The van der Waals surface area contributed by atoms with Crippen LogP contribution in [0.1, 0.15) is 90.3 Å². The van der Waals surface area contributed by atoms with Crippen molar-refractivity contribution in [3.8, 4) is 0 Å². The Balaban J connectivity index is 1.97. The molecule has 0 saturated carbocycles. The van der Waals surface area contributed by atoms with Gasteiger partial charge in [0.25, 0.3) is 0 Å². The van der Waals surface area contributed by atoms with Gasteiger partial charge in [-0.05, 0) is 42.9 Å². The number of benzene rings is 1. The Hall–Kier alpha value is -2.82. The van der Waals surface area contributed by atoms with E-state index in [9.17, 15) is 9.59 Å². The van der Waals surface area contributed by atoms with Crippen LogP contribution in [-0.2, 0) is 26.1 Å². The van der Waals surface area contributed by atoms with Crippen LogP contribution >= 0.6 is 0 Å². The molecule has 0 aliphatic heterocycles. The van der Waals surface area contributed by atoms with E-state index in [1.54, 1.807) is 12.2 Å². The van der Waals surface area contributed by atoms with Crippen LogP contribution in [0.15, 0.2) is 36.4 Å². The third-order valence-electron chi connectivity index (χ3n) is 6.30. The average Bonchev–Trinajstić information content (AvgIpc) is 3.11. The lowest BCUT2D eigenvalue weighted by Crippen LogP contribution is -2.03. The molecule has 0 atom stereocenters. The van der Waals surface area contributed by atoms with E-state index in [0.29, 0.717) is 25.0 Å². The zero-order valence-electron chi connectivity index (χ0n) is 22.9. The summed E-state index contributed by atoms with van der Waals surface area (Å²) in [7, 11) is 1.95. The van der Waals surface area contributed by atoms with Crippen LogP contribution in [0.2, 0.25) is 0 Å². The number of aromatic nitrogens is 1. The van der Waals surface area contributed by atoms with Gasteiger partial charge in [0.15, 0.2) is 0 Å². The van der Waals surface area contributed by atoms with E-state index in [-0.39, 0.29) is 11.9 Å². The first-order valence-electron chi connectivity index (χ1n) is 13.6. The molecule has 0 amide bonds. The number of nitrogens with zero attached hydrogens (tertiary/aromatic N) is 1. The largest absolute Gasteiger partial charge is 0.463 e. The Morgan fingerprint density at radius 1 is 0.778 bits per heavy atom. The van der Waals surface area contributed by atoms with Gasteiger partial charge < -0.3 is 14.0 Å². The maximum Gasteiger partial charge on any atom is 0.330 e. The van der Waals surface area contributed by atoms with Gasteiger partial charge in [0, 0.05) is 41.4 Å². The summed E-state index contributed by atoms with van der Waals surface area (Å²) in [6, 6.07) is 7.98. The molecule has 0 bridgehead atoms. The van der Waals surface area contributed by atoms with Crippen molar-refractivity contribution in [1.82, 2.24) is 4.57 Å². The Bertz CT molecular complexity index is 1010. The minimum atomic E-state index is -0.351. The lowest BCUT2D eigenvalue weighted by Gasteiger charge is -2.05. The van der Waals surface area contributed by atoms with Crippen molar-refractivity contribution in [3.05, 3.63) is 47.7 Å². The van der Waals surface area contributed by atoms with E-state index in [1.165, 1.54) is 25.0 Å². The summed E-state index contributed by atoms with van der Waals surface area (Å²) < 4.78 is 12.8. The van der Waals surface area contributed by atoms with Crippen molar-refractivity contribution in [1.29, 1.82) is 0 Å². The lowest BCUT2D eigenvalue weighted by atomic mass is 10.1. The summed E-state index contributed by atoms with van der Waals surface area (Å²) in [5.74, 6) is 0.719. The quantitative estimate of drug-likeness (QED) is 0.136. The van der Waals surface area contributed by atoms with Crippen LogP contribution in [0.4, 0.5) is 0 Å². The standard InChI is InChI=1S/C31H45NO4/c1-24(2)14-8-6-12-22-35-30(33)20-18-27-26-16-10-11-17-28(26)32(5)29(27)19-21-31(34)36-23-13-7-9-15-25(3)4/h10-11,16-21,24-25H,6-9,12-15,22-23H2,1-5H3/b20-18+,21-19+. The highest BCUT2D eigenvalue weighted by Gasteiger charge is 2.12. The van der Waals surface area contributed by atoms with Crippen molar-refractivity contribution in [2.75, 3.05) is 13.2 Å². The molecule has 1 heterocycles. The number of aryl methyl sites for hydroxylation is 1. The first kappa shape index (κ1) is 29.4. The molecule has 2 rings (SSSR count). The van der Waals surface area contributed by atoms with Crippen LogP contribution in [0.25, 0.3) is 23.1 Å². The molecule has 0 aliphatic carbocycles. The van der Waals surface area contributed by atoms with Gasteiger partial charge in [0.1, 0.15) is 0 Å². The topological polar surface area (TPSA) is 57.5 Å². The van der Waals surface area contributed by atoms with Gasteiger partial charge in [-0.3, -0.25) is 0 Å². The molecule has 0 N–H and O–H groups in total. The normalized spacial score (nSPS) is 12.0. The maximum absolute atomic E-state index is 12.3. The van der Waals surface area contributed by atoms with Crippen molar-refractivity contribution in [2.45, 2.75) is 79.1 Å². The van der Waals surface area contributed by atoms with Crippen molar-refractivity contribution < 1.29 is 19.1 Å². The van der Waals surface area contributed by atoms with E-state index < -0.39 is 0 Å². The molecule has 1 aromatic carbocycles. The van der Waals surface area contributed by atoms with E-state index in [1.807, 2.05) is 35.9 Å². The number of unbranched alkanes of at least 4 members (excludes halogenated alkanes) is 4. The SMILES string of the molecule is CC(C)CCCCCOC(=O)/C=C/c1c(/C=C/C(=O)OCCCCCC(C)C)n(C)c2ccccc12. The van der Waals surface area contributed by atoms with Gasteiger partial charge in [-0.1, -0.05) is 84.4 Å². The molecule has 198 valence electrons. The van der Waals surface area contributed by atoms with Gasteiger partial charge in [-0.15, -0.1) is 0 Å². The molecule has 0 saturated heterocycles. The summed E-state index contributed by atoms with van der Waals surface area (Å²) in [6.45, 7) is 9.76. The van der Waals surface area contributed by atoms with E-state index >= 15 is 0 Å². The van der Waals surface area contributed by atoms with Crippen molar-refractivity contribution in [3.63, 3.8) is 0 Å². The number of carbonyl (C=O) groups is 2. The van der Waals surface area contributed by atoms with Crippen molar-refractivity contribution >= 4 is 35.0 Å². The molecular formula is C31H45NO4. The molecule has 0 fully saturated rings. The minimum Gasteiger partial charge on any atom is -0.463 e. The minimum absolute atomic E-state index is 0.349. The number of fused-ring (bicyclic) bond motifs is 1. The van der Waals surface area contributed by atoms with E-state index in [2.05, 4.69) is 27.7 Å². The highest BCUT2D eigenvalue weighted by Crippen LogP contribution is 2.27. The summed E-state index contributed by atoms with van der Waals surface area (Å²) in [5, 5.41) is 1.01. The summed E-state index contributed by atoms with van der Waals surface area (Å²) in [5.41, 5.74) is 2.73. The molecule has 0 unspecified atom stereocenters. The van der Waals surface area contributed by atoms with Gasteiger partial charge in [-0.25, -0.2) is 9.59 Å². The third kappa shape index (κ3) is 10.4. The molecule has 0 aliphatic rings. The Kier molecular flexibility index (Phi) is 13.1. The number of hydrogen-bond donors (Lipinski definition) is 0. The highest BCUT2D eigenvalue weighted by atomic mass is 16.5. The van der Waals surface area contributed by atoms with Crippen LogP contribution in [0.3, 0.4) is 0 Å². The molecule has 5 nitrogen and oxygen atoms in total. The van der Waals surface area contributed by atoms with Gasteiger partial charge in [0.2, 0.25) is 0 Å². The first-order valence-corrected chi connectivity index (χ1v) is 13.6. The molecule has 0 radical (unpaired) electrons. The smallest absolute Gasteiger partial charge is 0.330 e. The monoisotopic (exact) mass is 495 g/mol. The van der Waals surface area contributed by atoms with Crippen LogP contribution in [0, 0.1) is 11.8 Å². The fourth-order valence-corrected chi connectivity index (χ4v) is 4.22. The van der Waals surface area contributed by atoms with Gasteiger partial charge in [0.05, 0.1) is 13.2 Å². The molecule has 5 heteroatoms. The predicted octanol–water partition coefficient (Wildman–Crippen LogP) is 7.72. The van der Waals surface area contributed by atoms with Gasteiger partial charge in [-0.2, -0.15) is 0 Å². The van der Waals surface area contributed by atoms with Crippen LogP contribution in [0.5, 0.6) is 0 Å². The van der Waals surface area contributed by atoms with E-state index in [4.69, 9.17) is 9.47 Å². The zero-order valence-corrected chi connectivity index (χ0v) is 22.9. The van der Waals surface area contributed by atoms with E-state index in [0.717, 1.165) is 60.7 Å². The maximum atomic E-state index is 12.3. The molecule has 0 spiro atoms. The number of hydrogen-bond acceptors (Lipinski definition) is 4. The molecule has 36 heavy (non-hydrogen) atoms. The number of ether oxygens (including phenoxy) is 2. The van der Waals surface area contributed by atoms with Gasteiger partial charge >= 0.3 is 11.9 Å². The summed E-state index contributed by atoms with van der Waals surface area (Å²) >= 11 is 0. The average molecular weight is 496 g/mol. The van der Waals surface area contributed by atoms with Crippen molar-refractivity contribution in [2.24, 2.45) is 18.9 Å². The molecule has 2 aromatic rings. The second-order valence-corrected chi connectivity index (χ2v) is 10.4. The third-order valence-corrected chi connectivity index (χ3v) is 6.30. The second-order valence-electron chi connectivity index (χ2n) is 10.4. The first-order chi connectivity index (χ1) is 17.3. The van der Waals surface area contributed by atoms with Crippen LogP contribution in [-0.4, -0.2) is 29.7 Å².